The first-order valence-corrected chi connectivity index (χ1v) is 4.72. The Kier molecular flexibility index (Phi) is 4.80. The van der Waals surface area contributed by atoms with Gasteiger partial charge in [-0.15, -0.1) is 0 Å². The van der Waals surface area contributed by atoms with Gasteiger partial charge < -0.3 is 10.2 Å². The van der Waals surface area contributed by atoms with Gasteiger partial charge in [-0.3, -0.25) is 0 Å². The second-order valence-electron chi connectivity index (χ2n) is 4.02. The molecule has 0 aromatic heterocycles. The van der Waals surface area contributed by atoms with E-state index in [1.54, 1.807) is 0 Å². The predicted molar refractivity (Wildman–Crippen MR) is 51.4 cm³/mol. The molecule has 2 N–H and O–H groups in total. The molecular formula is C10H17F3O2. The van der Waals surface area contributed by atoms with E-state index in [-0.39, 0.29) is 12.8 Å². The van der Waals surface area contributed by atoms with Crippen molar-refractivity contribution in [3.05, 3.63) is 11.6 Å². The van der Waals surface area contributed by atoms with Crippen LogP contribution in [0, 0.1) is 0 Å². The normalized spacial score (nSPS) is 16.7. The average Bonchev–Trinajstić information content (AvgIpc) is 2.00. The van der Waals surface area contributed by atoms with Crippen LogP contribution < -0.4 is 0 Å². The summed E-state index contributed by atoms with van der Waals surface area (Å²) in [5, 5.41) is 18.7. The summed E-state index contributed by atoms with van der Waals surface area (Å²) < 4.78 is 36.8. The van der Waals surface area contributed by atoms with Gasteiger partial charge in [0.15, 0.2) is 0 Å². The van der Waals surface area contributed by atoms with Gasteiger partial charge in [0.25, 0.3) is 0 Å². The van der Waals surface area contributed by atoms with Gasteiger partial charge in [-0.05, 0) is 33.6 Å². The molecule has 5 heteroatoms. The molecule has 2 nitrogen and oxygen atoms in total. The second kappa shape index (κ2) is 4.99. The molecule has 0 aromatic carbocycles. The third kappa shape index (κ3) is 5.18. The first-order chi connectivity index (χ1) is 6.59. The molecule has 0 unspecified atom stereocenters. The van der Waals surface area contributed by atoms with E-state index in [1.165, 1.54) is 20.8 Å². The zero-order valence-corrected chi connectivity index (χ0v) is 9.10. The highest BCUT2D eigenvalue weighted by Crippen LogP contribution is 2.30. The van der Waals surface area contributed by atoms with E-state index < -0.39 is 23.5 Å². The first kappa shape index (κ1) is 14.5. The molecule has 0 radical (unpaired) electrons. The number of hydrogen-bond acceptors (Lipinski definition) is 2. The van der Waals surface area contributed by atoms with Crippen molar-refractivity contribution in [2.45, 2.75) is 51.5 Å². The fraction of sp³-hybridized carbons (Fsp3) is 0.800. The highest BCUT2D eigenvalue weighted by molar-refractivity contribution is 5.07. The van der Waals surface area contributed by atoms with E-state index in [0.717, 1.165) is 6.08 Å². The third-order valence-electron chi connectivity index (χ3n) is 2.22. The third-order valence-corrected chi connectivity index (χ3v) is 2.22. The Labute approximate surface area is 87.4 Å². The number of halogens is 3. The van der Waals surface area contributed by atoms with Crippen LogP contribution in [0.4, 0.5) is 13.2 Å². The van der Waals surface area contributed by atoms with Crippen molar-refractivity contribution >= 4 is 0 Å². The van der Waals surface area contributed by atoms with E-state index in [4.69, 9.17) is 0 Å². The van der Waals surface area contributed by atoms with Gasteiger partial charge in [-0.2, -0.15) is 13.2 Å². The molecule has 15 heavy (non-hydrogen) atoms. The molecule has 0 heterocycles. The van der Waals surface area contributed by atoms with Gasteiger partial charge in [0.2, 0.25) is 0 Å². The Morgan fingerprint density at radius 1 is 1.33 bits per heavy atom. The minimum Gasteiger partial charge on any atom is -0.390 e. The highest BCUT2D eigenvalue weighted by atomic mass is 19.4. The fourth-order valence-electron chi connectivity index (χ4n) is 1.10. The summed E-state index contributed by atoms with van der Waals surface area (Å²) in [5.74, 6) is 0. The van der Waals surface area contributed by atoms with Crippen molar-refractivity contribution in [1.29, 1.82) is 0 Å². The van der Waals surface area contributed by atoms with Crippen LogP contribution >= 0.6 is 0 Å². The van der Waals surface area contributed by atoms with E-state index in [0.29, 0.717) is 0 Å². The van der Waals surface area contributed by atoms with Crippen LogP contribution in [0.3, 0.4) is 0 Å². The number of rotatable bonds is 4. The van der Waals surface area contributed by atoms with Gasteiger partial charge in [0, 0.05) is 5.57 Å². The summed E-state index contributed by atoms with van der Waals surface area (Å²) in [6.07, 6.45) is -4.92. The topological polar surface area (TPSA) is 40.5 Å². The molecule has 1 atom stereocenters. The van der Waals surface area contributed by atoms with Crippen LogP contribution in [-0.4, -0.2) is 28.1 Å². The van der Waals surface area contributed by atoms with Crippen LogP contribution in [0.2, 0.25) is 0 Å². The molecule has 0 aromatic rings. The van der Waals surface area contributed by atoms with Gasteiger partial charge >= 0.3 is 6.18 Å². The zero-order valence-electron chi connectivity index (χ0n) is 9.10. The van der Waals surface area contributed by atoms with Gasteiger partial charge in [0.05, 0.1) is 11.7 Å². The van der Waals surface area contributed by atoms with Crippen molar-refractivity contribution in [2.24, 2.45) is 0 Å². The molecular weight excluding hydrogens is 209 g/mol. The average molecular weight is 226 g/mol. The summed E-state index contributed by atoms with van der Waals surface area (Å²) in [6, 6.07) is 0. The lowest BCUT2D eigenvalue weighted by atomic mass is 9.95. The summed E-state index contributed by atoms with van der Waals surface area (Å²) in [5.41, 5.74) is -2.05. The van der Waals surface area contributed by atoms with E-state index in [1.807, 2.05) is 0 Å². The molecule has 90 valence electrons. The summed E-state index contributed by atoms with van der Waals surface area (Å²) in [7, 11) is 0. The predicted octanol–water partition coefficient (Wildman–Crippen LogP) is 2.41. The summed E-state index contributed by atoms with van der Waals surface area (Å²) in [4.78, 5) is 0. The van der Waals surface area contributed by atoms with Gasteiger partial charge in [0.1, 0.15) is 0 Å². The molecule has 0 aliphatic rings. The smallest absolute Gasteiger partial charge is 0.390 e. The number of aliphatic hydroxyl groups excluding tert-OH is 1. The Morgan fingerprint density at radius 3 is 2.07 bits per heavy atom. The van der Waals surface area contributed by atoms with E-state index in [2.05, 4.69) is 0 Å². The van der Waals surface area contributed by atoms with Crippen LogP contribution in [-0.2, 0) is 0 Å². The van der Waals surface area contributed by atoms with Gasteiger partial charge in [-0.25, -0.2) is 0 Å². The zero-order chi connectivity index (χ0) is 12.3. The molecule has 0 fully saturated rings. The monoisotopic (exact) mass is 226 g/mol. The van der Waals surface area contributed by atoms with Crippen LogP contribution in [0.25, 0.3) is 0 Å². The molecule has 0 saturated heterocycles. The Bertz CT molecular complexity index is 226. The number of allylic oxidation sites excluding steroid dienone is 2. The quantitative estimate of drug-likeness (QED) is 0.723. The second-order valence-corrected chi connectivity index (χ2v) is 4.02. The van der Waals surface area contributed by atoms with Crippen LogP contribution in [0.5, 0.6) is 0 Å². The van der Waals surface area contributed by atoms with Crippen molar-refractivity contribution in [2.75, 3.05) is 0 Å². The molecule has 0 aliphatic heterocycles. The molecule has 0 amide bonds. The molecule has 0 saturated carbocycles. The molecule has 0 bridgehead atoms. The minimum atomic E-state index is -4.35. The molecule has 0 spiro atoms. The Morgan fingerprint density at radius 2 is 1.80 bits per heavy atom. The van der Waals surface area contributed by atoms with Gasteiger partial charge in [-0.1, -0.05) is 6.08 Å². The van der Waals surface area contributed by atoms with Crippen LogP contribution in [0.1, 0.15) is 33.6 Å². The number of alkyl halides is 3. The maximum atomic E-state index is 12.3. The van der Waals surface area contributed by atoms with Crippen molar-refractivity contribution in [3.63, 3.8) is 0 Å². The number of aliphatic hydroxyl groups is 2. The fourth-order valence-corrected chi connectivity index (χ4v) is 1.10. The lowest BCUT2D eigenvalue weighted by Gasteiger charge is -2.25. The standard InChI is InChI=1S/C10H17F3O2/c1-4-7(10(11,12)13)5-6-8(14)9(2,3)15/h4,8,14-15H,5-6H2,1-3H3/t8-/m0/s1. The lowest BCUT2D eigenvalue weighted by molar-refractivity contribution is -0.0977. The van der Waals surface area contributed by atoms with Crippen molar-refractivity contribution in [3.8, 4) is 0 Å². The first-order valence-electron chi connectivity index (χ1n) is 4.72. The highest BCUT2D eigenvalue weighted by Gasteiger charge is 2.34. The maximum Gasteiger partial charge on any atom is 0.412 e. The molecule has 0 rings (SSSR count). The Balaban J connectivity index is 4.28. The number of hydrogen-bond donors (Lipinski definition) is 2. The summed E-state index contributed by atoms with van der Waals surface area (Å²) in [6.45, 7) is 4.03. The van der Waals surface area contributed by atoms with Crippen LogP contribution in [0.15, 0.2) is 11.6 Å². The summed E-state index contributed by atoms with van der Waals surface area (Å²) >= 11 is 0. The van der Waals surface area contributed by atoms with Crippen molar-refractivity contribution < 1.29 is 23.4 Å². The molecule has 0 aliphatic carbocycles. The lowest BCUT2D eigenvalue weighted by Crippen LogP contribution is -2.36. The SMILES string of the molecule is CC=C(CC[C@H](O)C(C)(C)O)C(F)(F)F. The van der Waals surface area contributed by atoms with E-state index in [9.17, 15) is 23.4 Å². The van der Waals surface area contributed by atoms with Crippen molar-refractivity contribution in [1.82, 2.24) is 0 Å². The Hall–Kier alpha value is -0.550. The maximum absolute atomic E-state index is 12.3. The minimum absolute atomic E-state index is 0.108. The largest absolute Gasteiger partial charge is 0.412 e. The van der Waals surface area contributed by atoms with E-state index >= 15 is 0 Å².